The molecule has 1 aliphatic heterocycles. The molecule has 3 heterocycles. The summed E-state index contributed by atoms with van der Waals surface area (Å²) in [6.45, 7) is 7.38. The topological polar surface area (TPSA) is 71.1 Å². The predicted molar refractivity (Wildman–Crippen MR) is 88.4 cm³/mol. The maximum Gasteiger partial charge on any atom is 0.255 e. The molecule has 1 fully saturated rings. The molecule has 2 aromatic heterocycles. The molecule has 0 aromatic carbocycles. The van der Waals surface area contributed by atoms with Crippen molar-refractivity contribution in [1.82, 2.24) is 19.9 Å². The maximum atomic E-state index is 12.9. The molecular formula is C17H24N4O2. The van der Waals surface area contributed by atoms with Gasteiger partial charge in [0.1, 0.15) is 5.82 Å². The molecule has 1 amide bonds. The first-order chi connectivity index (χ1) is 11.0. The van der Waals surface area contributed by atoms with Gasteiger partial charge >= 0.3 is 0 Å². The SMILES string of the molecule is Cc1nc2ncc(C(=O)N(C[C@H]3CCCCO3)C(C)C)cc2[nH]1. The number of aryl methyl sites for hydroxylation is 1. The fraction of sp³-hybridized carbons (Fsp3) is 0.588. The third kappa shape index (κ3) is 3.52. The molecule has 1 N–H and O–H groups in total. The van der Waals surface area contributed by atoms with Crippen LogP contribution in [0.5, 0.6) is 0 Å². The van der Waals surface area contributed by atoms with E-state index in [1.807, 2.05) is 31.7 Å². The van der Waals surface area contributed by atoms with Gasteiger partial charge in [0.05, 0.1) is 17.2 Å². The predicted octanol–water partition coefficient (Wildman–Crippen LogP) is 2.69. The van der Waals surface area contributed by atoms with Gasteiger partial charge in [-0.05, 0) is 46.1 Å². The molecule has 124 valence electrons. The number of carbonyl (C=O) groups excluding carboxylic acids is 1. The first-order valence-corrected chi connectivity index (χ1v) is 8.29. The molecule has 3 rings (SSSR count). The summed E-state index contributed by atoms with van der Waals surface area (Å²) in [5.74, 6) is 0.796. The highest BCUT2D eigenvalue weighted by Crippen LogP contribution is 2.18. The average Bonchev–Trinajstić information content (AvgIpc) is 2.91. The molecule has 0 aliphatic carbocycles. The fourth-order valence-electron chi connectivity index (χ4n) is 3.00. The number of fused-ring (bicyclic) bond motifs is 1. The smallest absolute Gasteiger partial charge is 0.255 e. The summed E-state index contributed by atoms with van der Waals surface area (Å²) in [6, 6.07) is 1.95. The highest BCUT2D eigenvalue weighted by atomic mass is 16.5. The van der Waals surface area contributed by atoms with Gasteiger partial charge in [0.15, 0.2) is 5.65 Å². The van der Waals surface area contributed by atoms with Crippen molar-refractivity contribution in [2.45, 2.75) is 52.2 Å². The van der Waals surface area contributed by atoms with Crippen LogP contribution in [0, 0.1) is 6.92 Å². The Bertz CT molecular complexity index is 689. The summed E-state index contributed by atoms with van der Waals surface area (Å²) in [5.41, 5.74) is 2.03. The Labute approximate surface area is 136 Å². The van der Waals surface area contributed by atoms with Crippen LogP contribution in [-0.2, 0) is 4.74 Å². The number of carbonyl (C=O) groups is 1. The summed E-state index contributed by atoms with van der Waals surface area (Å²) in [6.07, 6.45) is 5.06. The van der Waals surface area contributed by atoms with Gasteiger partial charge < -0.3 is 14.6 Å². The highest BCUT2D eigenvalue weighted by Gasteiger charge is 2.25. The second kappa shape index (κ2) is 6.66. The molecule has 0 unspecified atom stereocenters. The van der Waals surface area contributed by atoms with Crippen molar-refractivity contribution in [2.24, 2.45) is 0 Å². The molecule has 1 saturated heterocycles. The number of imidazole rings is 1. The van der Waals surface area contributed by atoms with Crippen molar-refractivity contribution in [2.75, 3.05) is 13.2 Å². The number of nitrogens with one attached hydrogen (secondary N) is 1. The number of nitrogens with zero attached hydrogens (tertiary/aromatic N) is 3. The van der Waals surface area contributed by atoms with Gasteiger partial charge in [0, 0.05) is 25.4 Å². The molecule has 2 aromatic rings. The van der Waals surface area contributed by atoms with E-state index in [4.69, 9.17) is 4.74 Å². The van der Waals surface area contributed by atoms with E-state index in [1.54, 1.807) is 6.20 Å². The Kier molecular flexibility index (Phi) is 4.61. The zero-order valence-corrected chi connectivity index (χ0v) is 14.0. The summed E-state index contributed by atoms with van der Waals surface area (Å²) in [4.78, 5) is 26.5. The Hall–Kier alpha value is -1.95. The Morgan fingerprint density at radius 1 is 1.48 bits per heavy atom. The third-order valence-corrected chi connectivity index (χ3v) is 4.26. The summed E-state index contributed by atoms with van der Waals surface area (Å²) in [7, 11) is 0. The van der Waals surface area contributed by atoms with Crippen molar-refractivity contribution < 1.29 is 9.53 Å². The normalized spacial score (nSPS) is 18.5. The van der Waals surface area contributed by atoms with Gasteiger partial charge in [0.2, 0.25) is 0 Å². The van der Waals surface area contributed by atoms with E-state index >= 15 is 0 Å². The van der Waals surface area contributed by atoms with Gasteiger partial charge in [0.25, 0.3) is 5.91 Å². The van der Waals surface area contributed by atoms with Gasteiger partial charge in [-0.3, -0.25) is 4.79 Å². The molecule has 0 radical (unpaired) electrons. The summed E-state index contributed by atoms with van der Waals surface area (Å²) < 4.78 is 5.79. The number of H-pyrrole nitrogens is 1. The van der Waals surface area contributed by atoms with Crippen LogP contribution in [0.25, 0.3) is 11.2 Å². The number of hydrogen-bond donors (Lipinski definition) is 1. The van der Waals surface area contributed by atoms with Crippen LogP contribution in [0.1, 0.15) is 49.3 Å². The van der Waals surface area contributed by atoms with E-state index in [9.17, 15) is 4.79 Å². The van der Waals surface area contributed by atoms with Crippen molar-refractivity contribution >= 4 is 17.1 Å². The van der Waals surface area contributed by atoms with Crippen molar-refractivity contribution in [1.29, 1.82) is 0 Å². The quantitative estimate of drug-likeness (QED) is 0.941. The molecule has 1 atom stereocenters. The monoisotopic (exact) mass is 316 g/mol. The zero-order valence-electron chi connectivity index (χ0n) is 14.0. The van der Waals surface area contributed by atoms with Crippen LogP contribution in [0.15, 0.2) is 12.3 Å². The van der Waals surface area contributed by atoms with E-state index in [0.717, 1.165) is 30.8 Å². The number of rotatable bonds is 4. The van der Waals surface area contributed by atoms with Crippen LogP contribution in [0.3, 0.4) is 0 Å². The lowest BCUT2D eigenvalue weighted by atomic mass is 10.1. The molecule has 0 spiro atoms. The van der Waals surface area contributed by atoms with E-state index < -0.39 is 0 Å². The van der Waals surface area contributed by atoms with Crippen molar-refractivity contribution in [3.05, 3.63) is 23.7 Å². The van der Waals surface area contributed by atoms with Gasteiger partial charge in [-0.1, -0.05) is 0 Å². The van der Waals surface area contributed by atoms with Crippen LogP contribution >= 0.6 is 0 Å². The standard InChI is InChI=1S/C17H24N4O2/c1-11(2)21(10-14-6-4-5-7-23-14)17(22)13-8-15-16(18-9-13)20-12(3)19-15/h8-9,11,14H,4-7,10H2,1-3H3,(H,18,19,20)/t14-/m1/s1. The second-order valence-electron chi connectivity index (χ2n) is 6.46. The second-order valence-corrected chi connectivity index (χ2v) is 6.46. The fourth-order valence-corrected chi connectivity index (χ4v) is 3.00. The number of hydrogen-bond acceptors (Lipinski definition) is 4. The largest absolute Gasteiger partial charge is 0.376 e. The first-order valence-electron chi connectivity index (χ1n) is 8.29. The Balaban J connectivity index is 1.80. The van der Waals surface area contributed by atoms with Crippen LogP contribution in [0.2, 0.25) is 0 Å². The van der Waals surface area contributed by atoms with E-state index in [1.165, 1.54) is 6.42 Å². The van der Waals surface area contributed by atoms with E-state index in [-0.39, 0.29) is 18.1 Å². The van der Waals surface area contributed by atoms with E-state index in [0.29, 0.717) is 17.8 Å². The lowest BCUT2D eigenvalue weighted by molar-refractivity contribution is -0.00830. The molecular weight excluding hydrogens is 292 g/mol. The molecule has 23 heavy (non-hydrogen) atoms. The van der Waals surface area contributed by atoms with Gasteiger partial charge in [-0.25, -0.2) is 9.97 Å². The van der Waals surface area contributed by atoms with E-state index in [2.05, 4.69) is 15.0 Å². The van der Waals surface area contributed by atoms with Gasteiger partial charge in [-0.15, -0.1) is 0 Å². The number of aromatic amines is 1. The van der Waals surface area contributed by atoms with Crippen molar-refractivity contribution in [3.63, 3.8) is 0 Å². The summed E-state index contributed by atoms with van der Waals surface area (Å²) in [5, 5.41) is 0. The molecule has 0 saturated carbocycles. The molecule has 6 heteroatoms. The third-order valence-electron chi connectivity index (χ3n) is 4.26. The Morgan fingerprint density at radius 3 is 3.00 bits per heavy atom. The maximum absolute atomic E-state index is 12.9. The van der Waals surface area contributed by atoms with Gasteiger partial charge in [-0.2, -0.15) is 0 Å². The Morgan fingerprint density at radius 2 is 2.30 bits per heavy atom. The van der Waals surface area contributed by atoms with Crippen LogP contribution < -0.4 is 0 Å². The number of amides is 1. The van der Waals surface area contributed by atoms with Crippen LogP contribution in [0.4, 0.5) is 0 Å². The zero-order chi connectivity index (χ0) is 16.4. The average molecular weight is 316 g/mol. The van der Waals surface area contributed by atoms with Crippen LogP contribution in [-0.4, -0.2) is 51.1 Å². The minimum Gasteiger partial charge on any atom is -0.376 e. The van der Waals surface area contributed by atoms with Crippen molar-refractivity contribution in [3.8, 4) is 0 Å². The minimum atomic E-state index is -0.00386. The molecule has 1 aliphatic rings. The molecule has 6 nitrogen and oxygen atoms in total. The molecule has 0 bridgehead atoms. The number of aromatic nitrogens is 3. The highest BCUT2D eigenvalue weighted by molar-refractivity contribution is 5.96. The first kappa shape index (κ1) is 15.9. The minimum absolute atomic E-state index is 0.00386. The summed E-state index contributed by atoms with van der Waals surface area (Å²) >= 11 is 0. The number of ether oxygens (including phenoxy) is 1. The lowest BCUT2D eigenvalue weighted by Gasteiger charge is -2.32. The lowest BCUT2D eigenvalue weighted by Crippen LogP contribution is -2.43. The number of pyridine rings is 1.